The van der Waals surface area contributed by atoms with Crippen LogP contribution >= 0.6 is 11.6 Å². The van der Waals surface area contributed by atoms with Crippen LogP contribution in [0.25, 0.3) is 0 Å². The molecule has 0 bridgehead atoms. The number of aryl methyl sites for hydroxylation is 2. The van der Waals surface area contributed by atoms with Crippen LogP contribution < -0.4 is 19.5 Å². The number of methoxy groups -OCH3 is 2. The zero-order chi connectivity index (χ0) is 19.1. The summed E-state index contributed by atoms with van der Waals surface area (Å²) < 4.78 is 16.1. The molecular weight excluding hydrogens is 354 g/mol. The number of amides is 1. The first-order chi connectivity index (χ1) is 12.4. The van der Waals surface area contributed by atoms with Crippen molar-refractivity contribution in [1.29, 1.82) is 0 Å². The number of carbonyl (C=O) groups is 1. The monoisotopic (exact) mass is 377 g/mol. The maximum Gasteiger partial charge on any atom is 0.257 e. The quantitative estimate of drug-likeness (QED) is 0.761. The van der Waals surface area contributed by atoms with Crippen LogP contribution in [0.3, 0.4) is 0 Å². The van der Waals surface area contributed by atoms with Gasteiger partial charge < -0.3 is 19.5 Å². The fourth-order valence-electron chi connectivity index (χ4n) is 2.70. The SMILES string of the molecule is COc1ccc(CCNC(=O)COc2c(C)cc(Cl)cc2C)cc1OC. The molecule has 0 spiro atoms. The molecule has 0 aliphatic carbocycles. The van der Waals surface area contributed by atoms with E-state index in [1.807, 2.05) is 44.2 Å². The Morgan fingerprint density at radius 2 is 1.69 bits per heavy atom. The fourth-order valence-corrected chi connectivity index (χ4v) is 3.02. The highest BCUT2D eigenvalue weighted by molar-refractivity contribution is 6.30. The van der Waals surface area contributed by atoms with E-state index in [1.54, 1.807) is 14.2 Å². The topological polar surface area (TPSA) is 56.8 Å². The summed E-state index contributed by atoms with van der Waals surface area (Å²) in [5.74, 6) is 1.89. The summed E-state index contributed by atoms with van der Waals surface area (Å²) in [4.78, 5) is 12.0. The van der Waals surface area contributed by atoms with Gasteiger partial charge in [0.15, 0.2) is 18.1 Å². The zero-order valence-corrected chi connectivity index (χ0v) is 16.3. The largest absolute Gasteiger partial charge is 0.493 e. The summed E-state index contributed by atoms with van der Waals surface area (Å²) in [6.07, 6.45) is 0.686. The second-order valence-corrected chi connectivity index (χ2v) is 6.38. The molecule has 26 heavy (non-hydrogen) atoms. The average molecular weight is 378 g/mol. The van der Waals surface area contributed by atoms with Gasteiger partial charge >= 0.3 is 0 Å². The molecule has 0 saturated carbocycles. The van der Waals surface area contributed by atoms with Crippen molar-refractivity contribution in [2.45, 2.75) is 20.3 Å². The van der Waals surface area contributed by atoms with Crippen LogP contribution in [0.5, 0.6) is 17.2 Å². The van der Waals surface area contributed by atoms with E-state index in [9.17, 15) is 4.79 Å². The molecule has 2 aromatic carbocycles. The Bertz CT molecular complexity index is 753. The van der Waals surface area contributed by atoms with Gasteiger partial charge in [0, 0.05) is 11.6 Å². The maximum atomic E-state index is 12.0. The lowest BCUT2D eigenvalue weighted by Gasteiger charge is -2.13. The predicted octanol–water partition coefficient (Wildman–Crippen LogP) is 3.71. The summed E-state index contributed by atoms with van der Waals surface area (Å²) in [5, 5.41) is 3.51. The van der Waals surface area contributed by atoms with E-state index in [0.717, 1.165) is 16.7 Å². The minimum Gasteiger partial charge on any atom is -0.493 e. The van der Waals surface area contributed by atoms with E-state index >= 15 is 0 Å². The first-order valence-electron chi connectivity index (χ1n) is 8.31. The predicted molar refractivity (Wildman–Crippen MR) is 103 cm³/mol. The van der Waals surface area contributed by atoms with Gasteiger partial charge in [0.05, 0.1) is 14.2 Å². The van der Waals surface area contributed by atoms with Crippen LogP contribution in [0.15, 0.2) is 30.3 Å². The summed E-state index contributed by atoms with van der Waals surface area (Å²) in [5.41, 5.74) is 2.87. The Labute approximate surface area is 159 Å². The van der Waals surface area contributed by atoms with Crippen LogP contribution in [0.2, 0.25) is 5.02 Å². The van der Waals surface area contributed by atoms with E-state index in [0.29, 0.717) is 35.2 Å². The Morgan fingerprint density at radius 3 is 2.31 bits per heavy atom. The second kappa shape index (κ2) is 9.34. The highest BCUT2D eigenvalue weighted by atomic mass is 35.5. The van der Waals surface area contributed by atoms with Gasteiger partial charge in [-0.1, -0.05) is 17.7 Å². The summed E-state index contributed by atoms with van der Waals surface area (Å²) >= 11 is 6.00. The van der Waals surface area contributed by atoms with Crippen LogP contribution in [-0.2, 0) is 11.2 Å². The molecule has 0 fully saturated rings. The Morgan fingerprint density at radius 1 is 1.04 bits per heavy atom. The van der Waals surface area contributed by atoms with Crippen LogP contribution in [0.4, 0.5) is 0 Å². The Hall–Kier alpha value is -2.40. The lowest BCUT2D eigenvalue weighted by molar-refractivity contribution is -0.123. The van der Waals surface area contributed by atoms with Crippen molar-refractivity contribution in [2.75, 3.05) is 27.4 Å². The molecule has 140 valence electrons. The van der Waals surface area contributed by atoms with Gasteiger partial charge in [-0.25, -0.2) is 0 Å². The van der Waals surface area contributed by atoms with Gasteiger partial charge in [-0.05, 0) is 61.2 Å². The molecule has 1 N–H and O–H groups in total. The molecule has 0 saturated heterocycles. The summed E-state index contributed by atoms with van der Waals surface area (Å²) in [6.45, 7) is 4.29. The van der Waals surface area contributed by atoms with Crippen molar-refractivity contribution in [3.63, 3.8) is 0 Å². The summed E-state index contributed by atoms with van der Waals surface area (Å²) in [6, 6.07) is 9.34. The fraction of sp³-hybridized carbons (Fsp3) is 0.350. The molecule has 0 aliphatic rings. The standard InChI is InChI=1S/C20H24ClNO4/c1-13-9-16(21)10-14(2)20(13)26-12-19(23)22-8-7-15-5-6-17(24-3)18(11-15)25-4/h5-6,9-11H,7-8,12H2,1-4H3,(H,22,23). The third-order valence-electron chi connectivity index (χ3n) is 3.96. The smallest absolute Gasteiger partial charge is 0.257 e. The number of hydrogen-bond donors (Lipinski definition) is 1. The van der Waals surface area contributed by atoms with Crippen molar-refractivity contribution in [3.8, 4) is 17.2 Å². The molecular formula is C20H24ClNO4. The van der Waals surface area contributed by atoms with Crippen LogP contribution in [0.1, 0.15) is 16.7 Å². The van der Waals surface area contributed by atoms with E-state index in [1.165, 1.54) is 0 Å². The van der Waals surface area contributed by atoms with Crippen LogP contribution in [0, 0.1) is 13.8 Å². The lowest BCUT2D eigenvalue weighted by atomic mass is 10.1. The molecule has 0 atom stereocenters. The van der Waals surface area contributed by atoms with Crippen molar-refractivity contribution in [3.05, 3.63) is 52.0 Å². The third kappa shape index (κ3) is 5.30. The molecule has 6 heteroatoms. The lowest BCUT2D eigenvalue weighted by Crippen LogP contribution is -2.30. The number of carbonyl (C=O) groups excluding carboxylic acids is 1. The number of ether oxygens (including phenoxy) is 3. The number of rotatable bonds is 8. The molecule has 2 aromatic rings. The van der Waals surface area contributed by atoms with Gasteiger partial charge in [0.2, 0.25) is 0 Å². The normalized spacial score (nSPS) is 10.3. The first-order valence-corrected chi connectivity index (χ1v) is 8.69. The van der Waals surface area contributed by atoms with Crippen molar-refractivity contribution < 1.29 is 19.0 Å². The van der Waals surface area contributed by atoms with Gasteiger partial charge in [0.25, 0.3) is 5.91 Å². The van der Waals surface area contributed by atoms with Crippen LogP contribution in [-0.4, -0.2) is 33.3 Å². The molecule has 0 aromatic heterocycles. The number of halogens is 1. The summed E-state index contributed by atoms with van der Waals surface area (Å²) in [7, 11) is 3.20. The number of nitrogens with one attached hydrogen (secondary N) is 1. The Kier molecular flexibility index (Phi) is 7.16. The highest BCUT2D eigenvalue weighted by Crippen LogP contribution is 2.28. The highest BCUT2D eigenvalue weighted by Gasteiger charge is 2.09. The first kappa shape index (κ1) is 19.9. The van der Waals surface area contributed by atoms with E-state index in [-0.39, 0.29) is 12.5 Å². The molecule has 0 heterocycles. The van der Waals surface area contributed by atoms with Gasteiger partial charge in [0.1, 0.15) is 5.75 Å². The molecule has 1 amide bonds. The molecule has 0 aliphatic heterocycles. The van der Waals surface area contributed by atoms with Gasteiger partial charge in [-0.3, -0.25) is 4.79 Å². The maximum absolute atomic E-state index is 12.0. The minimum atomic E-state index is -0.167. The third-order valence-corrected chi connectivity index (χ3v) is 4.17. The van der Waals surface area contributed by atoms with Crippen molar-refractivity contribution >= 4 is 17.5 Å². The molecule has 2 rings (SSSR count). The van der Waals surface area contributed by atoms with Crippen molar-refractivity contribution in [1.82, 2.24) is 5.32 Å². The average Bonchev–Trinajstić information content (AvgIpc) is 2.60. The van der Waals surface area contributed by atoms with Gasteiger partial charge in [-0.2, -0.15) is 0 Å². The zero-order valence-electron chi connectivity index (χ0n) is 15.5. The molecule has 0 unspecified atom stereocenters. The minimum absolute atomic E-state index is 0.0325. The second-order valence-electron chi connectivity index (χ2n) is 5.95. The number of hydrogen-bond acceptors (Lipinski definition) is 4. The Balaban J connectivity index is 1.83. The molecule has 0 radical (unpaired) electrons. The van der Waals surface area contributed by atoms with E-state index in [4.69, 9.17) is 25.8 Å². The van der Waals surface area contributed by atoms with E-state index < -0.39 is 0 Å². The number of benzene rings is 2. The van der Waals surface area contributed by atoms with E-state index in [2.05, 4.69) is 5.32 Å². The molecule has 5 nitrogen and oxygen atoms in total. The van der Waals surface area contributed by atoms with Gasteiger partial charge in [-0.15, -0.1) is 0 Å². The van der Waals surface area contributed by atoms with Crippen molar-refractivity contribution in [2.24, 2.45) is 0 Å².